The van der Waals surface area contributed by atoms with Gasteiger partial charge in [-0.1, -0.05) is 24.3 Å². The summed E-state index contributed by atoms with van der Waals surface area (Å²) in [5.41, 5.74) is 6.00. The first-order valence-corrected chi connectivity index (χ1v) is 14.4. The van der Waals surface area contributed by atoms with E-state index < -0.39 is 15.3 Å². The van der Waals surface area contributed by atoms with E-state index in [9.17, 15) is 18.0 Å². The number of fused-ring (bicyclic) bond motifs is 1. The maximum atomic E-state index is 13.6. The van der Waals surface area contributed by atoms with Crippen LogP contribution in [-0.2, 0) is 23.1 Å². The Morgan fingerprint density at radius 3 is 2.26 bits per heavy atom. The van der Waals surface area contributed by atoms with E-state index in [1.165, 1.54) is 3.97 Å². The number of hydrogen-bond acceptors (Lipinski definition) is 5. The molecule has 4 rings (SSSR count). The molecule has 0 aliphatic heterocycles. The quantitative estimate of drug-likeness (QED) is 0.337. The fourth-order valence-corrected chi connectivity index (χ4v) is 6.02. The van der Waals surface area contributed by atoms with Crippen LogP contribution in [0.25, 0.3) is 22.0 Å². The van der Waals surface area contributed by atoms with Gasteiger partial charge in [-0.15, -0.1) is 0 Å². The van der Waals surface area contributed by atoms with Gasteiger partial charge in [-0.3, -0.25) is 9.59 Å². The van der Waals surface area contributed by atoms with Gasteiger partial charge in [-0.2, -0.15) is 0 Å². The zero-order valence-electron chi connectivity index (χ0n) is 23.5. The van der Waals surface area contributed by atoms with E-state index in [0.29, 0.717) is 27.6 Å². The van der Waals surface area contributed by atoms with Crippen molar-refractivity contribution in [3.05, 3.63) is 92.5 Å². The van der Waals surface area contributed by atoms with Crippen LogP contribution in [0.15, 0.2) is 53.5 Å². The molecule has 2 aromatic heterocycles. The molecule has 2 N–H and O–H groups in total. The van der Waals surface area contributed by atoms with E-state index >= 15 is 0 Å². The summed E-state index contributed by atoms with van der Waals surface area (Å²) in [5.74, 6) is -0.381. The Bertz CT molecular complexity index is 1710. The van der Waals surface area contributed by atoms with Crippen LogP contribution in [0.4, 0.5) is 0 Å². The molecule has 206 valence electrons. The maximum Gasteiger partial charge on any atom is 0.253 e. The molecule has 0 spiro atoms. The number of aromatic nitrogens is 2. The van der Waals surface area contributed by atoms with E-state index in [4.69, 9.17) is 0 Å². The van der Waals surface area contributed by atoms with Gasteiger partial charge in [0.15, 0.2) is 0 Å². The summed E-state index contributed by atoms with van der Waals surface area (Å²) in [6.45, 7) is 9.57. The Kier molecular flexibility index (Phi) is 7.86. The molecule has 0 fully saturated rings. The summed E-state index contributed by atoms with van der Waals surface area (Å²) >= 11 is 0. The molecule has 0 atom stereocenters. The molecule has 0 aliphatic rings. The lowest BCUT2D eigenvalue weighted by Gasteiger charge is -2.14. The largest absolute Gasteiger partial charge is 0.348 e. The highest BCUT2D eigenvalue weighted by atomic mass is 32.2. The Hall–Kier alpha value is -3.69. The number of rotatable bonds is 8. The number of pyridine rings is 1. The smallest absolute Gasteiger partial charge is 0.253 e. The molecular weight excluding hydrogens is 512 g/mol. The third-order valence-electron chi connectivity index (χ3n) is 6.88. The first-order chi connectivity index (χ1) is 18.3. The summed E-state index contributed by atoms with van der Waals surface area (Å²) in [4.78, 5) is 31.0. The summed E-state index contributed by atoms with van der Waals surface area (Å²) in [6.07, 6.45) is 1.58. The second-order valence-corrected chi connectivity index (χ2v) is 13.0. The molecule has 0 unspecified atom stereocenters. The Morgan fingerprint density at radius 1 is 1.00 bits per heavy atom. The normalized spacial score (nSPS) is 12.0. The topological polar surface area (TPSA) is 104 Å². The third-order valence-corrected chi connectivity index (χ3v) is 8.92. The van der Waals surface area contributed by atoms with Crippen molar-refractivity contribution in [2.75, 3.05) is 14.1 Å². The van der Waals surface area contributed by atoms with E-state index in [0.717, 1.165) is 34.5 Å². The number of nitrogens with one attached hydrogen (secondary N) is 2. The maximum absolute atomic E-state index is 13.6. The van der Waals surface area contributed by atoms with E-state index in [1.54, 1.807) is 33.0 Å². The van der Waals surface area contributed by atoms with Crippen molar-refractivity contribution < 1.29 is 13.2 Å². The number of aromatic amines is 1. The van der Waals surface area contributed by atoms with Gasteiger partial charge in [0, 0.05) is 41.5 Å². The molecule has 0 aliphatic carbocycles. The number of amides is 1. The molecule has 39 heavy (non-hydrogen) atoms. The second kappa shape index (κ2) is 10.8. The monoisotopic (exact) mass is 548 g/mol. The van der Waals surface area contributed by atoms with Crippen LogP contribution < -0.4 is 10.9 Å². The fourth-order valence-electron chi connectivity index (χ4n) is 4.84. The van der Waals surface area contributed by atoms with Crippen LogP contribution >= 0.6 is 0 Å². The first-order valence-electron chi connectivity index (χ1n) is 12.9. The molecule has 0 saturated heterocycles. The molecule has 2 heterocycles. The third kappa shape index (κ3) is 5.69. The van der Waals surface area contributed by atoms with Crippen LogP contribution in [-0.4, -0.2) is 47.5 Å². The zero-order chi connectivity index (χ0) is 28.6. The highest BCUT2D eigenvalue weighted by Gasteiger charge is 2.25. The molecule has 0 bridgehead atoms. The van der Waals surface area contributed by atoms with Gasteiger partial charge in [0.2, 0.25) is 10.0 Å². The van der Waals surface area contributed by atoms with E-state index in [-0.39, 0.29) is 18.0 Å². The van der Waals surface area contributed by atoms with Gasteiger partial charge in [-0.25, -0.2) is 12.4 Å². The van der Waals surface area contributed by atoms with Gasteiger partial charge in [0.25, 0.3) is 11.5 Å². The number of carbonyl (C=O) groups excluding carboxylic acids is 1. The molecule has 0 radical (unpaired) electrons. The molecule has 9 heteroatoms. The number of carbonyl (C=O) groups is 1. The summed E-state index contributed by atoms with van der Waals surface area (Å²) < 4.78 is 27.8. The van der Waals surface area contributed by atoms with Crippen molar-refractivity contribution in [1.29, 1.82) is 0 Å². The number of benzene rings is 2. The van der Waals surface area contributed by atoms with Gasteiger partial charge in [-0.05, 0) is 94.7 Å². The minimum Gasteiger partial charge on any atom is -0.348 e. The zero-order valence-corrected chi connectivity index (χ0v) is 24.4. The second-order valence-electron chi connectivity index (χ2n) is 10.7. The molecule has 4 aromatic rings. The number of nitrogens with zero attached hydrogens (tertiary/aromatic N) is 2. The number of H-pyrrole nitrogens is 1. The minimum atomic E-state index is -3.68. The van der Waals surface area contributed by atoms with Crippen molar-refractivity contribution in [3.8, 4) is 11.1 Å². The molecular formula is C30H36N4O4S. The fraction of sp³-hybridized carbons (Fsp3) is 0.333. The van der Waals surface area contributed by atoms with Crippen molar-refractivity contribution in [1.82, 2.24) is 19.2 Å². The Balaban J connectivity index is 1.85. The predicted octanol–water partition coefficient (Wildman–Crippen LogP) is 4.50. The van der Waals surface area contributed by atoms with E-state index in [2.05, 4.69) is 15.2 Å². The lowest BCUT2D eigenvalue weighted by molar-refractivity contribution is 0.0952. The first kappa shape index (κ1) is 28.3. The number of aryl methyl sites for hydroxylation is 3. The minimum absolute atomic E-state index is 0.0509. The lowest BCUT2D eigenvalue weighted by atomic mass is 9.97. The van der Waals surface area contributed by atoms with Crippen molar-refractivity contribution in [2.45, 2.75) is 53.0 Å². The standard InChI is InChI=1S/C30H36N4O4S/c1-18(2)39(37,38)34-16-20(4)28-25(29(35)31-15-26-19(3)12-21(5)32-30(26)36)13-24(14-27(28)34)23-10-8-22(9-11-23)17-33(6)7/h8-14,16,18H,15,17H2,1-7H3,(H,31,35)(H,32,36). The van der Waals surface area contributed by atoms with Crippen molar-refractivity contribution in [3.63, 3.8) is 0 Å². The SMILES string of the molecule is Cc1cc(C)c(CNC(=O)c2cc(-c3ccc(CN(C)C)cc3)cc3c2c(C)cn3S(=O)(=O)C(C)C)c(=O)[nH]1. The summed E-state index contributed by atoms with van der Waals surface area (Å²) in [5, 5.41) is 2.82. The lowest BCUT2D eigenvalue weighted by Crippen LogP contribution is -2.28. The molecule has 2 aromatic carbocycles. The highest BCUT2D eigenvalue weighted by molar-refractivity contribution is 7.90. The highest BCUT2D eigenvalue weighted by Crippen LogP contribution is 2.33. The van der Waals surface area contributed by atoms with Crippen molar-refractivity contribution in [2.24, 2.45) is 0 Å². The van der Waals surface area contributed by atoms with Gasteiger partial charge < -0.3 is 15.2 Å². The molecule has 0 saturated carbocycles. The van der Waals surface area contributed by atoms with Crippen LogP contribution in [0.5, 0.6) is 0 Å². The summed E-state index contributed by atoms with van der Waals surface area (Å²) in [7, 11) is 0.328. The van der Waals surface area contributed by atoms with Gasteiger partial charge >= 0.3 is 0 Å². The van der Waals surface area contributed by atoms with Crippen molar-refractivity contribution >= 4 is 26.8 Å². The van der Waals surface area contributed by atoms with Crippen LogP contribution in [0.2, 0.25) is 0 Å². The summed E-state index contributed by atoms with van der Waals surface area (Å²) in [6, 6.07) is 13.5. The predicted molar refractivity (Wildman–Crippen MR) is 157 cm³/mol. The molecule has 8 nitrogen and oxygen atoms in total. The average molecular weight is 549 g/mol. The Labute approximate surface area is 229 Å². The van der Waals surface area contributed by atoms with Crippen LogP contribution in [0.3, 0.4) is 0 Å². The van der Waals surface area contributed by atoms with Crippen LogP contribution in [0, 0.1) is 20.8 Å². The molecule has 1 amide bonds. The number of hydrogen-bond donors (Lipinski definition) is 2. The van der Waals surface area contributed by atoms with E-state index in [1.807, 2.05) is 64.3 Å². The van der Waals surface area contributed by atoms with Gasteiger partial charge in [0.1, 0.15) is 0 Å². The van der Waals surface area contributed by atoms with Gasteiger partial charge in [0.05, 0.1) is 10.8 Å². The Morgan fingerprint density at radius 2 is 1.67 bits per heavy atom. The average Bonchev–Trinajstić information content (AvgIpc) is 3.19. The van der Waals surface area contributed by atoms with Crippen LogP contribution in [0.1, 0.15) is 52.2 Å².